The zero-order chi connectivity index (χ0) is 17.4. The minimum absolute atomic E-state index is 0.0925. The van der Waals surface area contributed by atoms with E-state index in [9.17, 15) is 5.11 Å². The van der Waals surface area contributed by atoms with Crippen LogP contribution in [0.5, 0.6) is 28.7 Å². The molecule has 24 heavy (non-hydrogen) atoms. The average Bonchev–Trinajstić information content (AvgIpc) is 2.94. The molecule has 2 atom stereocenters. The van der Waals surface area contributed by atoms with E-state index in [4.69, 9.17) is 18.9 Å². The van der Waals surface area contributed by atoms with E-state index < -0.39 is 0 Å². The van der Waals surface area contributed by atoms with Crippen LogP contribution in [0.25, 0.3) is 0 Å². The third-order valence-corrected chi connectivity index (χ3v) is 4.64. The van der Waals surface area contributed by atoms with Crippen molar-refractivity contribution in [2.24, 2.45) is 0 Å². The molecule has 2 aromatic rings. The maximum Gasteiger partial charge on any atom is 0.164 e. The standard InChI is InChI=1S/C19H22O5/c1-10-17-11(2)19(24-15(17)9-16(23-5)18(10)20)12-6-7-13(21-3)14(8-12)22-4/h6-9,11,19-20H,1-5H3/t11-,19-/m1/s1. The lowest BCUT2D eigenvalue weighted by molar-refractivity contribution is 0.214. The van der Waals surface area contributed by atoms with Crippen LogP contribution in [-0.2, 0) is 0 Å². The number of hydrogen-bond acceptors (Lipinski definition) is 5. The van der Waals surface area contributed by atoms with Gasteiger partial charge in [-0.15, -0.1) is 0 Å². The summed E-state index contributed by atoms with van der Waals surface area (Å²) in [7, 11) is 4.76. The van der Waals surface area contributed by atoms with Crippen molar-refractivity contribution in [2.75, 3.05) is 21.3 Å². The van der Waals surface area contributed by atoms with Crippen LogP contribution in [0.2, 0.25) is 0 Å². The minimum atomic E-state index is -0.162. The Morgan fingerprint density at radius 2 is 1.62 bits per heavy atom. The van der Waals surface area contributed by atoms with E-state index in [0.717, 1.165) is 22.4 Å². The van der Waals surface area contributed by atoms with Crippen LogP contribution in [0.4, 0.5) is 0 Å². The van der Waals surface area contributed by atoms with Gasteiger partial charge in [0.15, 0.2) is 23.0 Å². The fourth-order valence-corrected chi connectivity index (χ4v) is 3.36. The van der Waals surface area contributed by atoms with Gasteiger partial charge in [-0.25, -0.2) is 0 Å². The van der Waals surface area contributed by atoms with Gasteiger partial charge in [-0.05, 0) is 24.6 Å². The monoisotopic (exact) mass is 330 g/mol. The highest BCUT2D eigenvalue weighted by Crippen LogP contribution is 2.52. The van der Waals surface area contributed by atoms with Gasteiger partial charge in [-0.3, -0.25) is 0 Å². The molecule has 3 rings (SSSR count). The topological polar surface area (TPSA) is 57.2 Å². The summed E-state index contributed by atoms with van der Waals surface area (Å²) in [4.78, 5) is 0. The van der Waals surface area contributed by atoms with E-state index in [-0.39, 0.29) is 17.8 Å². The molecule has 0 saturated heterocycles. The van der Waals surface area contributed by atoms with E-state index >= 15 is 0 Å². The van der Waals surface area contributed by atoms with E-state index in [1.165, 1.54) is 7.11 Å². The quantitative estimate of drug-likeness (QED) is 0.919. The summed E-state index contributed by atoms with van der Waals surface area (Å²) in [5.74, 6) is 2.77. The van der Waals surface area contributed by atoms with Crippen LogP contribution in [0.1, 0.15) is 35.6 Å². The van der Waals surface area contributed by atoms with Crippen molar-refractivity contribution in [1.82, 2.24) is 0 Å². The highest BCUT2D eigenvalue weighted by atomic mass is 16.5. The zero-order valence-corrected chi connectivity index (χ0v) is 14.5. The van der Waals surface area contributed by atoms with Crippen LogP contribution < -0.4 is 18.9 Å². The summed E-state index contributed by atoms with van der Waals surface area (Å²) in [6.45, 7) is 3.97. The van der Waals surface area contributed by atoms with Gasteiger partial charge in [0.25, 0.3) is 0 Å². The normalized spacial score (nSPS) is 18.7. The van der Waals surface area contributed by atoms with E-state index in [1.807, 2.05) is 25.1 Å². The third kappa shape index (κ3) is 2.40. The summed E-state index contributed by atoms with van der Waals surface area (Å²) in [6, 6.07) is 7.52. The Bertz CT molecular complexity index is 769. The van der Waals surface area contributed by atoms with Crippen molar-refractivity contribution < 1.29 is 24.1 Å². The number of hydrogen-bond donors (Lipinski definition) is 1. The van der Waals surface area contributed by atoms with Crippen LogP contribution in [0.3, 0.4) is 0 Å². The minimum Gasteiger partial charge on any atom is -0.504 e. The Morgan fingerprint density at radius 1 is 0.958 bits per heavy atom. The average molecular weight is 330 g/mol. The SMILES string of the molecule is COc1ccc([C@@H]2Oc3cc(OC)c(O)c(C)c3[C@H]2C)cc1OC. The summed E-state index contributed by atoms with van der Waals surface area (Å²) in [5.41, 5.74) is 2.79. The fourth-order valence-electron chi connectivity index (χ4n) is 3.36. The molecule has 0 spiro atoms. The Morgan fingerprint density at radius 3 is 2.25 bits per heavy atom. The van der Waals surface area contributed by atoms with E-state index in [0.29, 0.717) is 17.2 Å². The van der Waals surface area contributed by atoms with Gasteiger partial charge in [0.2, 0.25) is 0 Å². The first-order chi connectivity index (χ1) is 11.5. The molecule has 0 saturated carbocycles. The Balaban J connectivity index is 2.02. The zero-order valence-electron chi connectivity index (χ0n) is 14.5. The van der Waals surface area contributed by atoms with Crippen molar-refractivity contribution in [3.63, 3.8) is 0 Å². The second kappa shape index (κ2) is 6.15. The number of rotatable bonds is 4. The molecule has 1 aliphatic rings. The first-order valence-electron chi connectivity index (χ1n) is 7.80. The fraction of sp³-hybridized carbons (Fsp3) is 0.368. The molecule has 0 bridgehead atoms. The first kappa shape index (κ1) is 16.3. The molecule has 5 nitrogen and oxygen atoms in total. The van der Waals surface area contributed by atoms with Crippen molar-refractivity contribution in [2.45, 2.75) is 25.9 Å². The number of aromatic hydroxyl groups is 1. The van der Waals surface area contributed by atoms with Gasteiger partial charge in [-0.2, -0.15) is 0 Å². The summed E-state index contributed by atoms with van der Waals surface area (Å²) in [6.07, 6.45) is -0.162. The predicted molar refractivity (Wildman–Crippen MR) is 90.7 cm³/mol. The predicted octanol–water partition coefficient (Wildman–Crippen LogP) is 3.96. The molecule has 0 aromatic heterocycles. The number of phenols is 1. The van der Waals surface area contributed by atoms with Crippen molar-refractivity contribution in [1.29, 1.82) is 0 Å². The van der Waals surface area contributed by atoms with Gasteiger partial charge in [0.05, 0.1) is 21.3 Å². The summed E-state index contributed by atoms with van der Waals surface area (Å²) >= 11 is 0. The van der Waals surface area contributed by atoms with Crippen molar-refractivity contribution in [3.8, 4) is 28.7 Å². The Kier molecular flexibility index (Phi) is 4.18. The molecule has 128 valence electrons. The summed E-state index contributed by atoms with van der Waals surface area (Å²) in [5, 5.41) is 10.3. The van der Waals surface area contributed by atoms with Gasteiger partial charge < -0.3 is 24.1 Å². The molecular formula is C19H22O5. The van der Waals surface area contributed by atoms with Crippen LogP contribution in [0, 0.1) is 6.92 Å². The lowest BCUT2D eigenvalue weighted by atomic mass is 9.89. The second-order valence-corrected chi connectivity index (χ2v) is 5.91. The van der Waals surface area contributed by atoms with Crippen LogP contribution in [-0.4, -0.2) is 26.4 Å². The molecule has 0 unspecified atom stereocenters. The summed E-state index contributed by atoms with van der Waals surface area (Å²) < 4.78 is 22.1. The molecule has 2 aromatic carbocycles. The lowest BCUT2D eigenvalue weighted by Crippen LogP contribution is -2.08. The van der Waals surface area contributed by atoms with Gasteiger partial charge in [0, 0.05) is 23.1 Å². The smallest absolute Gasteiger partial charge is 0.164 e. The Labute approximate surface area is 141 Å². The molecule has 1 aliphatic heterocycles. The highest BCUT2D eigenvalue weighted by molar-refractivity contribution is 5.60. The first-order valence-corrected chi connectivity index (χ1v) is 7.80. The van der Waals surface area contributed by atoms with Crippen LogP contribution >= 0.6 is 0 Å². The van der Waals surface area contributed by atoms with Crippen LogP contribution in [0.15, 0.2) is 24.3 Å². The third-order valence-electron chi connectivity index (χ3n) is 4.64. The van der Waals surface area contributed by atoms with E-state index in [2.05, 4.69) is 6.92 Å². The van der Waals surface area contributed by atoms with Gasteiger partial charge in [0.1, 0.15) is 11.9 Å². The molecule has 0 radical (unpaired) electrons. The molecular weight excluding hydrogens is 308 g/mol. The van der Waals surface area contributed by atoms with E-state index in [1.54, 1.807) is 20.3 Å². The number of methoxy groups -OCH3 is 3. The molecule has 0 amide bonds. The molecule has 0 fully saturated rings. The second-order valence-electron chi connectivity index (χ2n) is 5.91. The number of phenolic OH excluding ortho intramolecular Hbond substituents is 1. The van der Waals surface area contributed by atoms with Gasteiger partial charge in [-0.1, -0.05) is 13.0 Å². The maximum absolute atomic E-state index is 10.3. The van der Waals surface area contributed by atoms with Crippen molar-refractivity contribution in [3.05, 3.63) is 41.0 Å². The molecule has 1 heterocycles. The lowest BCUT2D eigenvalue weighted by Gasteiger charge is -2.18. The molecule has 0 aliphatic carbocycles. The highest BCUT2D eigenvalue weighted by Gasteiger charge is 2.36. The number of fused-ring (bicyclic) bond motifs is 1. The molecule has 5 heteroatoms. The maximum atomic E-state index is 10.3. The van der Waals surface area contributed by atoms with Crippen molar-refractivity contribution >= 4 is 0 Å². The largest absolute Gasteiger partial charge is 0.504 e. The van der Waals surface area contributed by atoms with Gasteiger partial charge >= 0.3 is 0 Å². The Hall–Kier alpha value is -2.56. The number of ether oxygens (including phenoxy) is 4. The molecule has 1 N–H and O–H groups in total. The number of benzene rings is 2.